The Morgan fingerprint density at radius 2 is 2.16 bits per heavy atom. The molecule has 2 rings (SSSR count). The van der Waals surface area contributed by atoms with Crippen molar-refractivity contribution in [2.24, 2.45) is 7.05 Å². The van der Waals surface area contributed by atoms with E-state index in [4.69, 9.17) is 0 Å². The molecule has 19 heavy (non-hydrogen) atoms. The predicted molar refractivity (Wildman–Crippen MR) is 67.6 cm³/mol. The highest BCUT2D eigenvalue weighted by atomic mass is 19.1. The van der Waals surface area contributed by atoms with Crippen LogP contribution in [0.25, 0.3) is 0 Å². The van der Waals surface area contributed by atoms with E-state index < -0.39 is 17.7 Å². The molecule has 1 aromatic carbocycles. The Kier molecular flexibility index (Phi) is 4.27. The van der Waals surface area contributed by atoms with Gasteiger partial charge in [-0.2, -0.15) is 5.10 Å². The Bertz CT molecular complexity index is 554. The van der Waals surface area contributed by atoms with Gasteiger partial charge < -0.3 is 5.11 Å². The van der Waals surface area contributed by atoms with Crippen molar-refractivity contribution in [2.45, 2.75) is 25.4 Å². The molecule has 1 N–H and O–H groups in total. The first kappa shape index (κ1) is 13.7. The number of halogens is 2. The molecule has 0 aliphatic heterocycles. The number of benzene rings is 1. The summed E-state index contributed by atoms with van der Waals surface area (Å²) in [4.78, 5) is 0. The minimum absolute atomic E-state index is 0.187. The van der Waals surface area contributed by atoms with Crippen LogP contribution < -0.4 is 0 Å². The molecular formula is C14H16F2N2O. The quantitative estimate of drug-likeness (QED) is 0.901. The summed E-state index contributed by atoms with van der Waals surface area (Å²) in [6.45, 7) is 0. The van der Waals surface area contributed by atoms with Gasteiger partial charge in [-0.3, -0.25) is 4.68 Å². The van der Waals surface area contributed by atoms with Crippen LogP contribution in [-0.2, 0) is 19.9 Å². The highest BCUT2D eigenvalue weighted by Crippen LogP contribution is 2.14. The molecule has 1 heterocycles. The Morgan fingerprint density at radius 3 is 2.79 bits per heavy atom. The fourth-order valence-electron chi connectivity index (χ4n) is 1.98. The third-order valence-corrected chi connectivity index (χ3v) is 3.00. The van der Waals surface area contributed by atoms with Gasteiger partial charge in [0.2, 0.25) is 0 Å². The molecular weight excluding hydrogens is 250 g/mol. The van der Waals surface area contributed by atoms with Crippen molar-refractivity contribution in [3.8, 4) is 0 Å². The van der Waals surface area contributed by atoms with E-state index in [1.54, 1.807) is 10.9 Å². The molecule has 0 bridgehead atoms. The maximum Gasteiger partial charge on any atom is 0.129 e. The third kappa shape index (κ3) is 3.86. The molecule has 0 fully saturated rings. The maximum atomic E-state index is 13.4. The predicted octanol–water partition coefficient (Wildman–Crippen LogP) is 2.23. The van der Waals surface area contributed by atoms with Gasteiger partial charge >= 0.3 is 0 Å². The number of aryl methyl sites for hydroxylation is 2. The Morgan fingerprint density at radius 1 is 1.37 bits per heavy atom. The molecule has 0 spiro atoms. The topological polar surface area (TPSA) is 38.0 Å². The van der Waals surface area contributed by atoms with Crippen LogP contribution >= 0.6 is 0 Å². The summed E-state index contributed by atoms with van der Waals surface area (Å²) < 4.78 is 27.9. The normalized spacial score (nSPS) is 12.6. The van der Waals surface area contributed by atoms with E-state index in [0.29, 0.717) is 18.4 Å². The molecule has 0 aliphatic carbocycles. The van der Waals surface area contributed by atoms with Crippen LogP contribution in [-0.4, -0.2) is 21.0 Å². The molecule has 0 saturated carbocycles. The minimum Gasteiger partial charge on any atom is -0.393 e. The number of nitrogens with zero attached hydrogens (tertiary/aromatic N) is 2. The average Bonchev–Trinajstić information content (AvgIpc) is 2.76. The van der Waals surface area contributed by atoms with Crippen molar-refractivity contribution in [3.63, 3.8) is 0 Å². The summed E-state index contributed by atoms with van der Waals surface area (Å²) in [6.07, 6.45) is 4.35. The van der Waals surface area contributed by atoms with E-state index in [9.17, 15) is 13.9 Å². The zero-order valence-corrected chi connectivity index (χ0v) is 10.7. The van der Waals surface area contributed by atoms with Gasteiger partial charge in [-0.05, 0) is 30.0 Å². The van der Waals surface area contributed by atoms with Gasteiger partial charge in [-0.15, -0.1) is 0 Å². The van der Waals surface area contributed by atoms with Crippen LogP contribution in [0.2, 0.25) is 0 Å². The van der Waals surface area contributed by atoms with E-state index >= 15 is 0 Å². The lowest BCUT2D eigenvalue weighted by molar-refractivity contribution is 0.164. The Hall–Kier alpha value is -1.75. The minimum atomic E-state index is -0.653. The van der Waals surface area contributed by atoms with Crippen molar-refractivity contribution in [1.29, 1.82) is 0 Å². The molecule has 5 heteroatoms. The first-order valence-corrected chi connectivity index (χ1v) is 6.14. The molecule has 0 radical (unpaired) electrons. The Labute approximate surface area is 110 Å². The van der Waals surface area contributed by atoms with Crippen molar-refractivity contribution in [3.05, 3.63) is 53.4 Å². The summed E-state index contributed by atoms with van der Waals surface area (Å²) in [6, 6.07) is 3.41. The van der Waals surface area contributed by atoms with Gasteiger partial charge in [0.15, 0.2) is 0 Å². The number of rotatable bonds is 5. The van der Waals surface area contributed by atoms with Crippen LogP contribution in [0.1, 0.15) is 17.5 Å². The summed E-state index contributed by atoms with van der Waals surface area (Å²) in [5.74, 6) is -1.22. The summed E-state index contributed by atoms with van der Waals surface area (Å²) in [5, 5.41) is 13.9. The smallest absolute Gasteiger partial charge is 0.129 e. The van der Waals surface area contributed by atoms with Gasteiger partial charge in [0.25, 0.3) is 0 Å². The van der Waals surface area contributed by atoms with Crippen LogP contribution in [0.3, 0.4) is 0 Å². The van der Waals surface area contributed by atoms with Gasteiger partial charge in [-0.1, -0.05) is 6.07 Å². The second-order valence-corrected chi connectivity index (χ2v) is 4.65. The second-order valence-electron chi connectivity index (χ2n) is 4.65. The van der Waals surface area contributed by atoms with E-state index in [1.165, 1.54) is 12.1 Å². The lowest BCUT2D eigenvalue weighted by atomic mass is 10.0. The monoisotopic (exact) mass is 266 g/mol. The van der Waals surface area contributed by atoms with Crippen molar-refractivity contribution >= 4 is 0 Å². The van der Waals surface area contributed by atoms with Crippen LogP contribution in [0.4, 0.5) is 8.78 Å². The largest absolute Gasteiger partial charge is 0.393 e. The standard InChI is InChI=1S/C14H16F2N2O/c1-18-9-10(8-17-18)2-5-13(19)6-11-3-4-12(15)7-14(11)16/h3-4,7-9,13,19H,2,5-6H2,1H3. The maximum absolute atomic E-state index is 13.4. The molecule has 2 aromatic rings. The van der Waals surface area contributed by atoms with Crippen molar-refractivity contribution in [2.75, 3.05) is 0 Å². The fraction of sp³-hybridized carbons (Fsp3) is 0.357. The Balaban J connectivity index is 1.88. The van der Waals surface area contributed by atoms with Crippen molar-refractivity contribution < 1.29 is 13.9 Å². The van der Waals surface area contributed by atoms with Gasteiger partial charge in [0.1, 0.15) is 11.6 Å². The molecule has 0 aliphatic rings. The lowest BCUT2D eigenvalue weighted by Gasteiger charge is -2.10. The summed E-state index contributed by atoms with van der Waals surface area (Å²) in [7, 11) is 1.83. The van der Waals surface area contributed by atoms with Crippen LogP contribution in [0.5, 0.6) is 0 Å². The molecule has 102 valence electrons. The SMILES string of the molecule is Cn1cc(CCC(O)Cc2ccc(F)cc2F)cn1. The molecule has 0 amide bonds. The number of aromatic nitrogens is 2. The number of aliphatic hydroxyl groups excluding tert-OH is 1. The zero-order valence-electron chi connectivity index (χ0n) is 10.7. The zero-order chi connectivity index (χ0) is 13.8. The molecule has 1 aromatic heterocycles. The van der Waals surface area contributed by atoms with E-state index in [2.05, 4.69) is 5.10 Å². The number of hydrogen-bond donors (Lipinski definition) is 1. The fourth-order valence-corrected chi connectivity index (χ4v) is 1.98. The first-order chi connectivity index (χ1) is 9.04. The number of hydrogen-bond acceptors (Lipinski definition) is 2. The molecule has 0 saturated heterocycles. The van der Waals surface area contributed by atoms with Crippen molar-refractivity contribution in [1.82, 2.24) is 9.78 Å². The highest BCUT2D eigenvalue weighted by molar-refractivity contribution is 5.19. The molecule has 1 atom stereocenters. The van der Waals surface area contributed by atoms with E-state index in [-0.39, 0.29) is 6.42 Å². The van der Waals surface area contributed by atoms with E-state index in [0.717, 1.165) is 11.6 Å². The van der Waals surface area contributed by atoms with Crippen LogP contribution in [0, 0.1) is 11.6 Å². The third-order valence-electron chi connectivity index (χ3n) is 3.00. The highest BCUT2D eigenvalue weighted by Gasteiger charge is 2.11. The second kappa shape index (κ2) is 5.93. The van der Waals surface area contributed by atoms with Gasteiger partial charge in [-0.25, -0.2) is 8.78 Å². The molecule has 3 nitrogen and oxygen atoms in total. The lowest BCUT2D eigenvalue weighted by Crippen LogP contribution is -2.12. The summed E-state index contributed by atoms with van der Waals surface area (Å²) >= 11 is 0. The van der Waals surface area contributed by atoms with Gasteiger partial charge in [0, 0.05) is 25.7 Å². The van der Waals surface area contributed by atoms with Crippen LogP contribution in [0.15, 0.2) is 30.6 Å². The summed E-state index contributed by atoms with van der Waals surface area (Å²) in [5.41, 5.74) is 1.36. The van der Waals surface area contributed by atoms with Gasteiger partial charge in [0.05, 0.1) is 12.3 Å². The average molecular weight is 266 g/mol. The first-order valence-electron chi connectivity index (χ1n) is 6.14. The number of aliphatic hydroxyl groups is 1. The van der Waals surface area contributed by atoms with E-state index in [1.807, 2.05) is 13.2 Å². The molecule has 1 unspecified atom stereocenters.